The number of hydrogen-bond acceptors (Lipinski definition) is 3. The number of pyridine rings is 1. The summed E-state index contributed by atoms with van der Waals surface area (Å²) in [6.07, 6.45) is 3.81. The molecule has 108 valence electrons. The normalized spacial score (nSPS) is 13.7. The summed E-state index contributed by atoms with van der Waals surface area (Å²) in [7, 11) is 0. The highest BCUT2D eigenvalue weighted by Gasteiger charge is 2.22. The van der Waals surface area contributed by atoms with Gasteiger partial charge in [-0.3, -0.25) is 14.6 Å². The molecule has 0 saturated heterocycles. The molecule has 5 nitrogen and oxygen atoms in total. The SMILES string of the molecule is O=C(O)CNC(=O)c1c2c(nc3ccccc13)CCCC2. The Bertz CT molecular complexity index is 725. The van der Waals surface area contributed by atoms with E-state index in [9.17, 15) is 9.59 Å². The van der Waals surface area contributed by atoms with Gasteiger partial charge in [0, 0.05) is 11.1 Å². The van der Waals surface area contributed by atoms with Crippen molar-refractivity contribution < 1.29 is 14.7 Å². The number of aryl methyl sites for hydroxylation is 1. The van der Waals surface area contributed by atoms with Crippen LogP contribution in [0.25, 0.3) is 10.9 Å². The summed E-state index contributed by atoms with van der Waals surface area (Å²) < 4.78 is 0. The Hall–Kier alpha value is -2.43. The highest BCUT2D eigenvalue weighted by atomic mass is 16.4. The smallest absolute Gasteiger partial charge is 0.322 e. The molecule has 1 aromatic heterocycles. The van der Waals surface area contributed by atoms with Crippen molar-refractivity contribution in [3.63, 3.8) is 0 Å². The van der Waals surface area contributed by atoms with Crippen LogP contribution >= 0.6 is 0 Å². The Morgan fingerprint density at radius 2 is 1.95 bits per heavy atom. The standard InChI is InChI=1S/C16H16N2O3/c19-14(20)9-17-16(21)15-10-5-1-3-7-12(10)18-13-8-4-2-6-11(13)15/h1,3,5,7H,2,4,6,8-9H2,(H,17,21)(H,19,20). The maximum Gasteiger partial charge on any atom is 0.322 e. The number of hydrogen-bond donors (Lipinski definition) is 2. The van der Waals surface area contributed by atoms with Crippen molar-refractivity contribution in [2.45, 2.75) is 25.7 Å². The first-order chi connectivity index (χ1) is 10.2. The third kappa shape index (κ3) is 2.59. The lowest BCUT2D eigenvalue weighted by molar-refractivity contribution is -0.135. The second kappa shape index (κ2) is 5.52. The second-order valence-electron chi connectivity index (χ2n) is 5.21. The quantitative estimate of drug-likeness (QED) is 0.902. The van der Waals surface area contributed by atoms with E-state index in [-0.39, 0.29) is 12.5 Å². The Morgan fingerprint density at radius 1 is 1.19 bits per heavy atom. The van der Waals surface area contributed by atoms with E-state index < -0.39 is 5.97 Å². The number of nitrogens with one attached hydrogen (secondary N) is 1. The van der Waals surface area contributed by atoms with Crippen LogP contribution in [0, 0.1) is 0 Å². The molecule has 0 unspecified atom stereocenters. The van der Waals surface area contributed by atoms with Crippen molar-refractivity contribution in [2.75, 3.05) is 6.54 Å². The molecule has 0 bridgehead atoms. The van der Waals surface area contributed by atoms with Crippen molar-refractivity contribution in [3.8, 4) is 0 Å². The van der Waals surface area contributed by atoms with Crippen molar-refractivity contribution in [3.05, 3.63) is 41.1 Å². The Balaban J connectivity index is 2.13. The van der Waals surface area contributed by atoms with Crippen LogP contribution < -0.4 is 5.32 Å². The Morgan fingerprint density at radius 3 is 2.76 bits per heavy atom. The van der Waals surface area contributed by atoms with Gasteiger partial charge in [0.05, 0.1) is 11.1 Å². The fourth-order valence-corrected chi connectivity index (χ4v) is 2.88. The summed E-state index contributed by atoms with van der Waals surface area (Å²) in [5.41, 5.74) is 3.33. The highest BCUT2D eigenvalue weighted by molar-refractivity contribution is 6.08. The fraction of sp³-hybridized carbons (Fsp3) is 0.312. The predicted molar refractivity (Wildman–Crippen MR) is 78.4 cm³/mol. The summed E-state index contributed by atoms with van der Waals surface area (Å²) in [5.74, 6) is -1.37. The molecule has 21 heavy (non-hydrogen) atoms. The van der Waals surface area contributed by atoms with Gasteiger partial charge in [0.1, 0.15) is 6.54 Å². The number of fused-ring (bicyclic) bond motifs is 2. The number of amides is 1. The average Bonchev–Trinajstić information content (AvgIpc) is 2.50. The molecule has 1 aliphatic carbocycles. The van der Waals surface area contributed by atoms with Gasteiger partial charge >= 0.3 is 5.97 Å². The van der Waals surface area contributed by atoms with Gasteiger partial charge in [-0.2, -0.15) is 0 Å². The molecule has 0 aliphatic heterocycles. The molecule has 0 spiro atoms. The third-order valence-electron chi connectivity index (χ3n) is 3.80. The number of carbonyl (C=O) groups is 2. The highest BCUT2D eigenvalue weighted by Crippen LogP contribution is 2.29. The summed E-state index contributed by atoms with van der Waals surface area (Å²) >= 11 is 0. The molecule has 2 N–H and O–H groups in total. The van der Waals surface area contributed by atoms with Crippen molar-refractivity contribution in [2.24, 2.45) is 0 Å². The van der Waals surface area contributed by atoms with Gasteiger partial charge in [0.15, 0.2) is 0 Å². The predicted octanol–water partition coefficient (Wildman–Crippen LogP) is 1.93. The van der Waals surface area contributed by atoms with Crippen LogP contribution in [0.15, 0.2) is 24.3 Å². The van der Waals surface area contributed by atoms with E-state index in [1.54, 1.807) is 0 Å². The van der Waals surface area contributed by atoms with Gasteiger partial charge in [0.25, 0.3) is 5.91 Å². The first-order valence-corrected chi connectivity index (χ1v) is 7.07. The van der Waals surface area contributed by atoms with Gasteiger partial charge in [-0.25, -0.2) is 0 Å². The molecule has 0 fully saturated rings. The number of para-hydroxylation sites is 1. The first-order valence-electron chi connectivity index (χ1n) is 7.07. The van der Waals surface area contributed by atoms with Crippen molar-refractivity contribution >= 4 is 22.8 Å². The van der Waals surface area contributed by atoms with Crippen LogP contribution in [0.1, 0.15) is 34.5 Å². The van der Waals surface area contributed by atoms with Gasteiger partial charge < -0.3 is 10.4 Å². The second-order valence-corrected chi connectivity index (χ2v) is 5.21. The van der Waals surface area contributed by atoms with Crippen LogP contribution in [0.5, 0.6) is 0 Å². The maximum absolute atomic E-state index is 12.4. The first kappa shape index (κ1) is 13.5. The van der Waals surface area contributed by atoms with Crippen LogP contribution in [-0.4, -0.2) is 28.5 Å². The number of carboxylic acids is 1. The van der Waals surface area contributed by atoms with E-state index in [1.807, 2.05) is 24.3 Å². The monoisotopic (exact) mass is 284 g/mol. The van der Waals surface area contributed by atoms with Gasteiger partial charge in [-0.15, -0.1) is 0 Å². The number of carbonyl (C=O) groups excluding carboxylic acids is 1. The van der Waals surface area contributed by atoms with Crippen LogP contribution in [0.4, 0.5) is 0 Å². The molecule has 2 aromatic rings. The number of aromatic nitrogens is 1. The lowest BCUT2D eigenvalue weighted by Crippen LogP contribution is -2.31. The molecule has 1 amide bonds. The lowest BCUT2D eigenvalue weighted by Gasteiger charge is -2.20. The third-order valence-corrected chi connectivity index (χ3v) is 3.80. The zero-order valence-corrected chi connectivity index (χ0v) is 11.6. The minimum absolute atomic E-state index is 0.325. The van der Waals surface area contributed by atoms with E-state index in [2.05, 4.69) is 10.3 Å². The molecule has 0 saturated carbocycles. The number of carboxylic acid groups (broad SMARTS) is 1. The van der Waals surface area contributed by atoms with Gasteiger partial charge in [-0.1, -0.05) is 18.2 Å². The van der Waals surface area contributed by atoms with E-state index in [0.717, 1.165) is 47.8 Å². The minimum atomic E-state index is -1.05. The Labute approximate surface area is 122 Å². The fourth-order valence-electron chi connectivity index (χ4n) is 2.88. The number of benzene rings is 1. The topological polar surface area (TPSA) is 79.3 Å². The van der Waals surface area contributed by atoms with E-state index in [0.29, 0.717) is 5.56 Å². The zero-order chi connectivity index (χ0) is 14.8. The molecule has 0 atom stereocenters. The number of aliphatic carboxylic acids is 1. The summed E-state index contributed by atoms with van der Waals surface area (Å²) in [6, 6.07) is 7.52. The Kier molecular flexibility index (Phi) is 3.56. The van der Waals surface area contributed by atoms with Crippen LogP contribution in [-0.2, 0) is 17.6 Å². The minimum Gasteiger partial charge on any atom is -0.480 e. The molecule has 5 heteroatoms. The molecule has 1 heterocycles. The number of nitrogens with zero attached hydrogens (tertiary/aromatic N) is 1. The van der Waals surface area contributed by atoms with Crippen molar-refractivity contribution in [1.29, 1.82) is 0 Å². The largest absolute Gasteiger partial charge is 0.480 e. The molecular weight excluding hydrogens is 268 g/mol. The van der Waals surface area contributed by atoms with Crippen LogP contribution in [0.2, 0.25) is 0 Å². The molecule has 1 aromatic carbocycles. The van der Waals surface area contributed by atoms with E-state index in [1.165, 1.54) is 0 Å². The van der Waals surface area contributed by atoms with E-state index >= 15 is 0 Å². The molecule has 1 aliphatic rings. The van der Waals surface area contributed by atoms with Crippen molar-refractivity contribution in [1.82, 2.24) is 10.3 Å². The molecular formula is C16H16N2O3. The summed E-state index contributed by atoms with van der Waals surface area (Å²) in [5, 5.41) is 12.0. The molecule has 0 radical (unpaired) electrons. The van der Waals surface area contributed by atoms with E-state index in [4.69, 9.17) is 5.11 Å². The lowest BCUT2D eigenvalue weighted by atomic mass is 9.89. The van der Waals surface area contributed by atoms with Gasteiger partial charge in [0.2, 0.25) is 0 Å². The van der Waals surface area contributed by atoms with Gasteiger partial charge in [-0.05, 0) is 37.3 Å². The maximum atomic E-state index is 12.4. The van der Waals surface area contributed by atoms with Crippen LogP contribution in [0.3, 0.4) is 0 Å². The number of rotatable bonds is 3. The summed E-state index contributed by atoms with van der Waals surface area (Å²) in [4.78, 5) is 27.8. The molecule has 3 rings (SSSR count). The zero-order valence-electron chi connectivity index (χ0n) is 11.6. The average molecular weight is 284 g/mol. The summed E-state index contributed by atoms with van der Waals surface area (Å²) in [6.45, 7) is -0.371.